The Hall–Kier alpha value is -3.22. The van der Waals surface area contributed by atoms with E-state index < -0.39 is 27.7 Å². The minimum absolute atomic E-state index is 0.0259. The molecule has 0 saturated carbocycles. The van der Waals surface area contributed by atoms with Crippen molar-refractivity contribution in [2.45, 2.75) is 18.0 Å². The summed E-state index contributed by atoms with van der Waals surface area (Å²) >= 11 is 1.12. The lowest BCUT2D eigenvalue weighted by atomic mass is 9.98. The molecule has 0 aliphatic rings. The van der Waals surface area contributed by atoms with E-state index in [-0.39, 0.29) is 4.90 Å². The van der Waals surface area contributed by atoms with Crippen LogP contribution >= 0.6 is 11.3 Å². The first-order valence-corrected chi connectivity index (χ1v) is 12.7. The Balaban J connectivity index is 2.12. The van der Waals surface area contributed by atoms with E-state index in [1.165, 1.54) is 49.7 Å². The molecule has 192 valence electrons. The van der Waals surface area contributed by atoms with Crippen molar-refractivity contribution in [2.75, 3.05) is 28.3 Å². The molecule has 1 aromatic heterocycles. The summed E-state index contributed by atoms with van der Waals surface area (Å²) in [6.07, 6.45) is -3.28. The van der Waals surface area contributed by atoms with E-state index in [1.54, 1.807) is 33.2 Å². The Kier molecular flexibility index (Phi) is 7.91. The lowest BCUT2D eigenvalue weighted by Gasteiger charge is -2.14. The minimum atomic E-state index is -4.46. The molecule has 0 unspecified atom stereocenters. The average Bonchev–Trinajstić information content (AvgIpc) is 3.18. The number of nitrogens with zero attached hydrogens (tertiary/aromatic N) is 3. The minimum Gasteiger partial charge on any atom is -0.368 e. The van der Waals surface area contributed by atoms with Crippen molar-refractivity contribution in [3.63, 3.8) is 0 Å². The monoisotopic (exact) mass is 539 g/mol. The number of hydrogen-bond donors (Lipinski definition) is 0. The molecule has 1 amide bonds. The van der Waals surface area contributed by atoms with Crippen molar-refractivity contribution in [3.8, 4) is 21.6 Å². The highest BCUT2D eigenvalue weighted by atomic mass is 32.2. The number of thiophene rings is 1. The van der Waals surface area contributed by atoms with Gasteiger partial charge in [-0.25, -0.2) is 5.06 Å². The number of carbonyl (C=O) groups excluding carboxylic acids is 1. The van der Waals surface area contributed by atoms with Crippen molar-refractivity contribution >= 4 is 33.6 Å². The van der Waals surface area contributed by atoms with E-state index in [0.717, 1.165) is 28.5 Å². The van der Waals surface area contributed by atoms with Crippen molar-refractivity contribution in [1.29, 1.82) is 0 Å². The van der Waals surface area contributed by atoms with Crippen LogP contribution in [0.1, 0.15) is 20.8 Å². The maximum Gasteiger partial charge on any atom is 0.416 e. The number of hydroxylamine groups is 2. The summed E-state index contributed by atoms with van der Waals surface area (Å²) in [4.78, 5) is 20.5. The first-order valence-electron chi connectivity index (χ1n) is 10.5. The van der Waals surface area contributed by atoms with Gasteiger partial charge in [-0.1, -0.05) is 24.3 Å². The standard InChI is InChI=1S/C24H24F3N3O4S2/c1-15-20(16-8-12-19(13-9-16)36(32,33)28-14-29(2)3)22(23(31)30(4)34-5)35-21(15)17-6-10-18(11-7-17)24(25,26)27/h6-14H,1-5H3/b28-14+. The van der Waals surface area contributed by atoms with E-state index in [0.29, 0.717) is 32.0 Å². The average molecular weight is 540 g/mol. The molecule has 1 heterocycles. The van der Waals surface area contributed by atoms with Gasteiger partial charge in [0.05, 0.1) is 17.6 Å². The zero-order valence-corrected chi connectivity index (χ0v) is 21.8. The third-order valence-electron chi connectivity index (χ3n) is 5.23. The lowest BCUT2D eigenvalue weighted by Crippen LogP contribution is -2.25. The zero-order chi connectivity index (χ0) is 26.8. The van der Waals surface area contributed by atoms with Crippen LogP contribution in [-0.4, -0.2) is 58.9 Å². The molecule has 0 radical (unpaired) electrons. The fraction of sp³-hybridized carbons (Fsp3) is 0.250. The van der Waals surface area contributed by atoms with Gasteiger partial charge in [-0.15, -0.1) is 15.7 Å². The van der Waals surface area contributed by atoms with Gasteiger partial charge < -0.3 is 4.90 Å². The summed E-state index contributed by atoms with van der Waals surface area (Å²) in [6, 6.07) is 10.6. The molecular weight excluding hydrogens is 515 g/mol. The van der Waals surface area contributed by atoms with Gasteiger partial charge >= 0.3 is 6.18 Å². The van der Waals surface area contributed by atoms with Gasteiger partial charge in [0, 0.05) is 31.6 Å². The number of alkyl halides is 3. The van der Waals surface area contributed by atoms with Crippen LogP contribution in [0.25, 0.3) is 21.6 Å². The topological polar surface area (TPSA) is 79.3 Å². The maximum absolute atomic E-state index is 13.1. The molecule has 2 aromatic carbocycles. The van der Waals surface area contributed by atoms with Crippen molar-refractivity contribution in [3.05, 3.63) is 64.5 Å². The molecule has 0 fully saturated rings. The van der Waals surface area contributed by atoms with Gasteiger partial charge in [-0.05, 0) is 47.9 Å². The highest BCUT2D eigenvalue weighted by molar-refractivity contribution is 7.90. The van der Waals surface area contributed by atoms with Crippen LogP contribution in [-0.2, 0) is 21.0 Å². The van der Waals surface area contributed by atoms with E-state index >= 15 is 0 Å². The second kappa shape index (κ2) is 10.4. The molecule has 3 rings (SSSR count). The second-order valence-electron chi connectivity index (χ2n) is 8.00. The fourth-order valence-electron chi connectivity index (χ4n) is 3.33. The summed E-state index contributed by atoms with van der Waals surface area (Å²) in [5, 5.41) is 1.04. The Morgan fingerprint density at radius 2 is 1.56 bits per heavy atom. The van der Waals surface area contributed by atoms with E-state index in [4.69, 9.17) is 4.84 Å². The van der Waals surface area contributed by atoms with Crippen molar-refractivity contribution in [2.24, 2.45) is 4.40 Å². The Bertz CT molecular complexity index is 1380. The Labute approximate surface area is 211 Å². The second-order valence-corrected chi connectivity index (χ2v) is 10.7. The zero-order valence-electron chi connectivity index (χ0n) is 20.1. The molecule has 0 aliphatic carbocycles. The van der Waals surface area contributed by atoms with Gasteiger partial charge in [0.25, 0.3) is 15.9 Å². The molecule has 3 aromatic rings. The quantitative estimate of drug-likeness (QED) is 0.231. The molecule has 0 aliphatic heterocycles. The molecular formula is C24H24F3N3O4S2. The number of sulfonamides is 1. The number of benzene rings is 2. The van der Waals surface area contributed by atoms with Gasteiger partial charge in [0.15, 0.2) is 0 Å². The number of amides is 1. The first kappa shape index (κ1) is 27.4. The predicted molar refractivity (Wildman–Crippen MR) is 133 cm³/mol. The normalized spacial score (nSPS) is 12.2. The van der Waals surface area contributed by atoms with Crippen LogP contribution in [0.3, 0.4) is 0 Å². The summed E-state index contributed by atoms with van der Waals surface area (Å²) in [5.41, 5.74) is 1.50. The van der Waals surface area contributed by atoms with Crippen LogP contribution in [0.5, 0.6) is 0 Å². The molecule has 0 saturated heterocycles. The van der Waals surface area contributed by atoms with Crippen LogP contribution in [0, 0.1) is 6.92 Å². The Morgan fingerprint density at radius 1 is 1.00 bits per heavy atom. The van der Waals surface area contributed by atoms with Gasteiger partial charge in [-0.2, -0.15) is 21.6 Å². The smallest absolute Gasteiger partial charge is 0.368 e. The summed E-state index contributed by atoms with van der Waals surface area (Å²) in [6.45, 7) is 1.76. The highest BCUT2D eigenvalue weighted by Gasteiger charge is 2.31. The molecule has 0 bridgehead atoms. The maximum atomic E-state index is 13.1. The van der Waals surface area contributed by atoms with E-state index in [9.17, 15) is 26.4 Å². The number of rotatable bonds is 7. The summed E-state index contributed by atoms with van der Waals surface area (Å²) in [7, 11) is 2.15. The predicted octanol–water partition coefficient (Wildman–Crippen LogP) is 5.32. The first-order chi connectivity index (χ1) is 16.8. The van der Waals surface area contributed by atoms with Crippen molar-refractivity contribution in [1.82, 2.24) is 9.96 Å². The third-order valence-corrected chi connectivity index (χ3v) is 7.80. The number of halogens is 3. The lowest BCUT2D eigenvalue weighted by molar-refractivity contribution is -0.137. The van der Waals surface area contributed by atoms with Crippen molar-refractivity contribution < 1.29 is 31.2 Å². The Morgan fingerprint density at radius 3 is 2.06 bits per heavy atom. The molecule has 0 spiro atoms. The molecule has 36 heavy (non-hydrogen) atoms. The molecule has 12 heteroatoms. The van der Waals surface area contributed by atoms with Crippen LogP contribution < -0.4 is 0 Å². The van der Waals surface area contributed by atoms with E-state index in [2.05, 4.69) is 4.40 Å². The van der Waals surface area contributed by atoms with E-state index in [1.807, 2.05) is 0 Å². The number of carbonyl (C=O) groups is 1. The molecule has 7 nitrogen and oxygen atoms in total. The van der Waals surface area contributed by atoms with Crippen LogP contribution in [0.4, 0.5) is 13.2 Å². The molecule has 0 atom stereocenters. The third kappa shape index (κ3) is 5.77. The molecule has 0 N–H and O–H groups in total. The van der Waals surface area contributed by atoms with Crippen LogP contribution in [0.15, 0.2) is 57.8 Å². The number of hydrogen-bond acceptors (Lipinski definition) is 5. The van der Waals surface area contributed by atoms with Crippen LogP contribution in [0.2, 0.25) is 0 Å². The van der Waals surface area contributed by atoms with Gasteiger partial charge in [-0.3, -0.25) is 9.63 Å². The van der Waals surface area contributed by atoms with Gasteiger partial charge in [0.2, 0.25) is 0 Å². The largest absolute Gasteiger partial charge is 0.416 e. The summed E-state index contributed by atoms with van der Waals surface area (Å²) < 4.78 is 67.6. The fourth-order valence-corrected chi connectivity index (χ4v) is 5.55. The highest BCUT2D eigenvalue weighted by Crippen LogP contribution is 2.43. The van der Waals surface area contributed by atoms with Gasteiger partial charge in [0.1, 0.15) is 11.2 Å². The SMILES string of the molecule is CON(C)C(=O)c1sc(-c2ccc(C(F)(F)F)cc2)c(C)c1-c1ccc(S(=O)(=O)/N=C/N(C)C)cc1. The summed E-state index contributed by atoms with van der Waals surface area (Å²) in [5.74, 6) is -0.453.